The van der Waals surface area contributed by atoms with Crippen LogP contribution in [0.1, 0.15) is 53.1 Å². The number of hydrogen-bond donors (Lipinski definition) is 1. The van der Waals surface area contributed by atoms with Crippen molar-refractivity contribution in [2.45, 2.75) is 39.4 Å². The number of carbonyl (C=O) groups is 2. The van der Waals surface area contributed by atoms with Gasteiger partial charge < -0.3 is 15.0 Å². The molecule has 0 saturated heterocycles. The summed E-state index contributed by atoms with van der Waals surface area (Å²) in [7, 11) is 3.27. The summed E-state index contributed by atoms with van der Waals surface area (Å²) < 4.78 is 23.5. The minimum absolute atomic E-state index is 0.00144. The zero-order valence-electron chi connectivity index (χ0n) is 22.1. The Balaban J connectivity index is 1.84. The summed E-state index contributed by atoms with van der Waals surface area (Å²) in [6.45, 7) is 6.13. The zero-order chi connectivity index (χ0) is 27.4. The number of pyridine rings is 2. The quantitative estimate of drug-likeness (QED) is 0.318. The topological polar surface area (TPSA) is 120 Å². The first-order valence-electron chi connectivity index (χ1n) is 12.2. The molecule has 2 amide bonds. The number of halogens is 1. The van der Waals surface area contributed by atoms with Gasteiger partial charge in [0.05, 0.1) is 48.5 Å². The van der Waals surface area contributed by atoms with Crippen LogP contribution in [-0.2, 0) is 23.1 Å². The second kappa shape index (κ2) is 11.5. The molecule has 12 heteroatoms. The molecule has 0 spiro atoms. The van der Waals surface area contributed by atoms with Crippen molar-refractivity contribution >= 4 is 22.8 Å². The highest BCUT2D eigenvalue weighted by molar-refractivity contribution is 6.00. The lowest BCUT2D eigenvalue weighted by Gasteiger charge is -2.31. The van der Waals surface area contributed by atoms with Crippen LogP contribution in [0.15, 0.2) is 43.1 Å². The van der Waals surface area contributed by atoms with E-state index in [-0.39, 0.29) is 36.9 Å². The number of fused-ring (bicyclic) bond motifs is 1. The Morgan fingerprint density at radius 2 is 2.00 bits per heavy atom. The van der Waals surface area contributed by atoms with E-state index < -0.39 is 23.7 Å². The normalized spacial score (nSPS) is 12.2. The molecule has 200 valence electrons. The van der Waals surface area contributed by atoms with Crippen LogP contribution in [-0.4, -0.2) is 66.5 Å². The zero-order valence-corrected chi connectivity index (χ0v) is 22.1. The van der Waals surface area contributed by atoms with Gasteiger partial charge in [-0.2, -0.15) is 10.2 Å². The first kappa shape index (κ1) is 26.9. The van der Waals surface area contributed by atoms with Crippen LogP contribution in [0.4, 0.5) is 4.39 Å². The number of carbonyl (C=O) groups excluding carboxylic acids is 2. The number of ether oxygens (including phenoxy) is 1. The Kier molecular flexibility index (Phi) is 8.10. The largest absolute Gasteiger partial charge is 0.383 e. The van der Waals surface area contributed by atoms with Crippen molar-refractivity contribution in [1.29, 1.82) is 0 Å². The Labute approximate surface area is 219 Å². The van der Waals surface area contributed by atoms with Gasteiger partial charge in [-0.1, -0.05) is 0 Å². The van der Waals surface area contributed by atoms with Gasteiger partial charge in [0, 0.05) is 50.3 Å². The minimum atomic E-state index is -1.30. The molecule has 0 bridgehead atoms. The van der Waals surface area contributed by atoms with Crippen molar-refractivity contribution in [3.63, 3.8) is 0 Å². The van der Waals surface area contributed by atoms with Crippen LogP contribution >= 0.6 is 0 Å². The van der Waals surface area contributed by atoms with Crippen LogP contribution in [0, 0.1) is 12.7 Å². The summed E-state index contributed by atoms with van der Waals surface area (Å²) >= 11 is 0. The third-order valence-electron chi connectivity index (χ3n) is 6.22. The molecule has 1 N–H and O–H groups in total. The third-order valence-corrected chi connectivity index (χ3v) is 6.22. The molecule has 0 radical (unpaired) electrons. The Morgan fingerprint density at radius 3 is 2.68 bits per heavy atom. The summed E-state index contributed by atoms with van der Waals surface area (Å²) in [4.78, 5) is 37.5. The number of rotatable bonds is 10. The van der Waals surface area contributed by atoms with Gasteiger partial charge in [-0.05, 0) is 32.9 Å². The first-order chi connectivity index (χ1) is 18.2. The molecule has 0 saturated carbocycles. The summed E-state index contributed by atoms with van der Waals surface area (Å²) in [6, 6.07) is 1.90. The van der Waals surface area contributed by atoms with E-state index in [4.69, 9.17) is 4.74 Å². The van der Waals surface area contributed by atoms with E-state index in [9.17, 15) is 9.59 Å². The molecule has 11 nitrogen and oxygen atoms in total. The van der Waals surface area contributed by atoms with Gasteiger partial charge in [-0.15, -0.1) is 0 Å². The predicted molar refractivity (Wildman–Crippen MR) is 138 cm³/mol. The molecule has 0 aromatic carbocycles. The monoisotopic (exact) mass is 522 g/mol. The Hall–Kier alpha value is -4.19. The van der Waals surface area contributed by atoms with Crippen molar-refractivity contribution < 1.29 is 18.7 Å². The predicted octanol–water partition coefficient (Wildman–Crippen LogP) is 2.73. The SMILES string of the molecule is COCCNC(=O)C(c1ccncc1F)N(Cc1cnn(C(C)C)c1)C(=O)c1cc2c(cnn2C)nc1C. The van der Waals surface area contributed by atoms with E-state index in [1.165, 1.54) is 24.3 Å². The average molecular weight is 523 g/mol. The summed E-state index contributed by atoms with van der Waals surface area (Å²) in [5.41, 5.74) is 2.74. The van der Waals surface area contributed by atoms with Crippen LogP contribution in [0.5, 0.6) is 0 Å². The van der Waals surface area contributed by atoms with Gasteiger partial charge in [0.2, 0.25) is 5.91 Å². The van der Waals surface area contributed by atoms with Gasteiger partial charge in [0.25, 0.3) is 5.91 Å². The molecule has 0 fully saturated rings. The number of hydrogen-bond acceptors (Lipinski definition) is 7. The van der Waals surface area contributed by atoms with E-state index in [1.54, 1.807) is 41.8 Å². The molecule has 38 heavy (non-hydrogen) atoms. The maximum Gasteiger partial charge on any atom is 0.257 e. The van der Waals surface area contributed by atoms with Gasteiger partial charge in [-0.25, -0.2) is 9.37 Å². The fourth-order valence-electron chi connectivity index (χ4n) is 4.19. The standard InChI is InChI=1S/C26H31FN8O3/c1-16(2)35-15-18(11-31-35)14-34(26(37)20-10-23-22(32-17(20)3)13-30-33(23)4)24(25(36)29-8-9-38-5)19-6-7-28-12-21(19)27/h6-7,10-13,15-16,24H,8-9,14H2,1-5H3,(H,29,36). The molecule has 1 atom stereocenters. The van der Waals surface area contributed by atoms with Gasteiger partial charge in [0.15, 0.2) is 0 Å². The van der Waals surface area contributed by atoms with Crippen molar-refractivity contribution in [2.24, 2.45) is 7.05 Å². The Morgan fingerprint density at radius 1 is 1.21 bits per heavy atom. The molecule has 0 aliphatic heterocycles. The van der Waals surface area contributed by atoms with Crippen LogP contribution in [0.2, 0.25) is 0 Å². The lowest BCUT2D eigenvalue weighted by molar-refractivity contribution is -0.126. The van der Waals surface area contributed by atoms with Crippen LogP contribution in [0.3, 0.4) is 0 Å². The van der Waals surface area contributed by atoms with Gasteiger partial charge >= 0.3 is 0 Å². The fraction of sp³-hybridized carbons (Fsp3) is 0.385. The molecular weight excluding hydrogens is 491 g/mol. The summed E-state index contributed by atoms with van der Waals surface area (Å²) in [5, 5.41) is 11.4. The second-order valence-corrected chi connectivity index (χ2v) is 9.23. The minimum Gasteiger partial charge on any atom is -0.383 e. The smallest absolute Gasteiger partial charge is 0.257 e. The first-order valence-corrected chi connectivity index (χ1v) is 12.2. The number of nitrogens with zero attached hydrogens (tertiary/aromatic N) is 7. The summed E-state index contributed by atoms with van der Waals surface area (Å²) in [6.07, 6.45) is 7.48. The summed E-state index contributed by atoms with van der Waals surface area (Å²) in [5.74, 6) is -1.74. The molecule has 0 aliphatic carbocycles. The van der Waals surface area contributed by atoms with Crippen molar-refractivity contribution in [1.82, 2.24) is 39.7 Å². The van der Waals surface area contributed by atoms with Gasteiger partial charge in [0.1, 0.15) is 17.4 Å². The molecule has 4 heterocycles. The van der Waals surface area contributed by atoms with Crippen LogP contribution < -0.4 is 5.32 Å². The van der Waals surface area contributed by atoms with E-state index in [2.05, 4.69) is 25.5 Å². The molecule has 4 rings (SSSR count). The molecular formula is C26H31FN8O3. The maximum atomic E-state index is 15.1. The number of amides is 2. The maximum absolute atomic E-state index is 15.1. The van der Waals surface area contributed by atoms with E-state index in [0.717, 1.165) is 6.20 Å². The lowest BCUT2D eigenvalue weighted by Crippen LogP contribution is -2.44. The van der Waals surface area contributed by atoms with Gasteiger partial charge in [-0.3, -0.25) is 23.9 Å². The highest BCUT2D eigenvalue weighted by Gasteiger charge is 2.35. The van der Waals surface area contributed by atoms with Crippen molar-refractivity contribution in [2.75, 3.05) is 20.3 Å². The number of nitrogens with one attached hydrogen (secondary N) is 1. The highest BCUT2D eigenvalue weighted by Crippen LogP contribution is 2.29. The molecule has 1 unspecified atom stereocenters. The molecule has 0 aliphatic rings. The van der Waals surface area contributed by atoms with Crippen LogP contribution in [0.25, 0.3) is 11.0 Å². The van der Waals surface area contributed by atoms with E-state index >= 15 is 4.39 Å². The Bertz CT molecular complexity index is 1450. The number of aromatic nitrogens is 6. The van der Waals surface area contributed by atoms with E-state index in [1.807, 2.05) is 20.0 Å². The fourth-order valence-corrected chi connectivity index (χ4v) is 4.19. The molecule has 4 aromatic rings. The number of methoxy groups -OCH3 is 1. The third kappa shape index (κ3) is 5.54. The van der Waals surface area contributed by atoms with Crippen molar-refractivity contribution in [3.8, 4) is 0 Å². The van der Waals surface area contributed by atoms with Crippen molar-refractivity contribution in [3.05, 3.63) is 71.3 Å². The lowest BCUT2D eigenvalue weighted by atomic mass is 10.0. The van der Waals surface area contributed by atoms with E-state index in [0.29, 0.717) is 22.3 Å². The highest BCUT2D eigenvalue weighted by atomic mass is 19.1. The second-order valence-electron chi connectivity index (χ2n) is 9.23. The number of aryl methyl sites for hydroxylation is 2. The molecule has 4 aromatic heterocycles. The average Bonchev–Trinajstić information content (AvgIpc) is 3.50.